The van der Waals surface area contributed by atoms with Crippen LogP contribution in [-0.4, -0.2) is 4.98 Å². The number of aromatic nitrogens is 1. The van der Waals surface area contributed by atoms with Gasteiger partial charge in [-0.25, -0.2) is 0 Å². The standard InChI is InChI=1S/C13H12Br2N2O/c1-8(16)12-3-2-9(14)5-13(12)18-11-4-10(15)6-17-7-11/h2-8H,16H2,1H3. The van der Waals surface area contributed by atoms with Gasteiger partial charge in [0.1, 0.15) is 11.5 Å². The molecule has 1 unspecified atom stereocenters. The fourth-order valence-corrected chi connectivity index (χ4v) is 2.23. The highest BCUT2D eigenvalue weighted by Gasteiger charge is 2.10. The summed E-state index contributed by atoms with van der Waals surface area (Å²) in [6.45, 7) is 1.93. The summed E-state index contributed by atoms with van der Waals surface area (Å²) in [4.78, 5) is 4.06. The molecule has 0 saturated heterocycles. The van der Waals surface area contributed by atoms with E-state index in [2.05, 4.69) is 36.8 Å². The summed E-state index contributed by atoms with van der Waals surface area (Å²) in [5, 5.41) is 0. The molecule has 1 heterocycles. The molecule has 5 heteroatoms. The van der Waals surface area contributed by atoms with Crippen molar-refractivity contribution in [3.63, 3.8) is 0 Å². The fraction of sp³-hybridized carbons (Fsp3) is 0.154. The number of pyridine rings is 1. The van der Waals surface area contributed by atoms with E-state index in [-0.39, 0.29) is 6.04 Å². The SMILES string of the molecule is CC(N)c1ccc(Br)cc1Oc1cncc(Br)c1. The molecule has 0 saturated carbocycles. The van der Waals surface area contributed by atoms with Gasteiger partial charge in [-0.2, -0.15) is 0 Å². The maximum Gasteiger partial charge on any atom is 0.146 e. The summed E-state index contributed by atoms with van der Waals surface area (Å²) >= 11 is 6.79. The van der Waals surface area contributed by atoms with Crippen molar-refractivity contribution in [3.05, 3.63) is 51.2 Å². The molecule has 2 rings (SSSR count). The highest BCUT2D eigenvalue weighted by Crippen LogP contribution is 2.32. The van der Waals surface area contributed by atoms with Crippen molar-refractivity contribution in [2.75, 3.05) is 0 Å². The summed E-state index contributed by atoms with van der Waals surface area (Å²) in [5.74, 6) is 1.41. The van der Waals surface area contributed by atoms with Gasteiger partial charge in [-0.05, 0) is 41.1 Å². The van der Waals surface area contributed by atoms with Gasteiger partial charge < -0.3 is 10.5 Å². The fourth-order valence-electron chi connectivity index (χ4n) is 1.55. The van der Waals surface area contributed by atoms with Crippen molar-refractivity contribution >= 4 is 31.9 Å². The molecule has 18 heavy (non-hydrogen) atoms. The van der Waals surface area contributed by atoms with Crippen LogP contribution in [-0.2, 0) is 0 Å². The third-order valence-corrected chi connectivity index (χ3v) is 3.30. The van der Waals surface area contributed by atoms with Crippen LogP contribution in [0.15, 0.2) is 45.6 Å². The number of halogens is 2. The van der Waals surface area contributed by atoms with Crippen molar-refractivity contribution in [2.24, 2.45) is 5.73 Å². The van der Waals surface area contributed by atoms with Crippen LogP contribution in [0, 0.1) is 0 Å². The molecule has 0 aliphatic carbocycles. The van der Waals surface area contributed by atoms with E-state index < -0.39 is 0 Å². The Labute approximate surface area is 123 Å². The molecule has 0 aliphatic heterocycles. The Kier molecular flexibility index (Phi) is 4.37. The first kappa shape index (κ1) is 13.5. The minimum absolute atomic E-state index is 0.0896. The van der Waals surface area contributed by atoms with Gasteiger partial charge in [0.2, 0.25) is 0 Å². The first-order chi connectivity index (χ1) is 8.56. The second-order valence-electron chi connectivity index (χ2n) is 3.91. The summed E-state index contributed by atoms with van der Waals surface area (Å²) in [7, 11) is 0. The lowest BCUT2D eigenvalue weighted by Crippen LogP contribution is -2.06. The van der Waals surface area contributed by atoms with E-state index >= 15 is 0 Å². The molecule has 0 fully saturated rings. The van der Waals surface area contributed by atoms with E-state index in [1.165, 1.54) is 0 Å². The van der Waals surface area contributed by atoms with Gasteiger partial charge in [-0.1, -0.05) is 22.0 Å². The Hall–Kier alpha value is -0.910. The first-order valence-electron chi connectivity index (χ1n) is 5.39. The lowest BCUT2D eigenvalue weighted by molar-refractivity contribution is 0.469. The van der Waals surface area contributed by atoms with Crippen LogP contribution in [0.1, 0.15) is 18.5 Å². The van der Waals surface area contributed by atoms with Crippen LogP contribution in [0.5, 0.6) is 11.5 Å². The second-order valence-corrected chi connectivity index (χ2v) is 5.74. The van der Waals surface area contributed by atoms with Crippen LogP contribution in [0.4, 0.5) is 0 Å². The van der Waals surface area contributed by atoms with Gasteiger partial charge >= 0.3 is 0 Å². The topological polar surface area (TPSA) is 48.1 Å². The van der Waals surface area contributed by atoms with Crippen LogP contribution >= 0.6 is 31.9 Å². The van der Waals surface area contributed by atoms with Crippen LogP contribution in [0.2, 0.25) is 0 Å². The predicted molar refractivity (Wildman–Crippen MR) is 78.8 cm³/mol. The number of hydrogen-bond acceptors (Lipinski definition) is 3. The Bertz CT molecular complexity index is 558. The number of rotatable bonds is 3. The normalized spacial score (nSPS) is 12.2. The lowest BCUT2D eigenvalue weighted by Gasteiger charge is -2.14. The summed E-state index contributed by atoms with van der Waals surface area (Å²) < 4.78 is 7.65. The quantitative estimate of drug-likeness (QED) is 0.868. The number of hydrogen-bond donors (Lipinski definition) is 1. The highest BCUT2D eigenvalue weighted by atomic mass is 79.9. The number of ether oxygens (including phenoxy) is 1. The zero-order chi connectivity index (χ0) is 13.1. The molecule has 0 amide bonds. The number of nitrogens with two attached hydrogens (primary N) is 1. The molecular weight excluding hydrogens is 360 g/mol. The predicted octanol–water partition coefficient (Wildman–Crippen LogP) is 4.42. The minimum Gasteiger partial charge on any atom is -0.455 e. The summed E-state index contributed by atoms with van der Waals surface area (Å²) in [5.41, 5.74) is 6.88. The zero-order valence-corrected chi connectivity index (χ0v) is 12.9. The van der Waals surface area contributed by atoms with Crippen molar-refractivity contribution < 1.29 is 4.74 Å². The van der Waals surface area contributed by atoms with Crippen molar-refractivity contribution in [1.29, 1.82) is 0 Å². The van der Waals surface area contributed by atoms with Crippen molar-refractivity contribution in [2.45, 2.75) is 13.0 Å². The van der Waals surface area contributed by atoms with Crippen molar-refractivity contribution in [3.8, 4) is 11.5 Å². The van der Waals surface area contributed by atoms with Gasteiger partial charge in [0.05, 0.1) is 6.20 Å². The monoisotopic (exact) mass is 370 g/mol. The average Bonchev–Trinajstić information content (AvgIpc) is 2.28. The van der Waals surface area contributed by atoms with Gasteiger partial charge in [0, 0.05) is 26.7 Å². The van der Waals surface area contributed by atoms with Gasteiger partial charge in [-0.15, -0.1) is 0 Å². The molecule has 0 bridgehead atoms. The van der Waals surface area contributed by atoms with E-state index in [1.807, 2.05) is 31.2 Å². The Morgan fingerprint density at radius 2 is 1.94 bits per heavy atom. The van der Waals surface area contributed by atoms with E-state index in [9.17, 15) is 0 Å². The molecule has 1 aromatic heterocycles. The molecule has 2 aromatic rings. The van der Waals surface area contributed by atoms with Gasteiger partial charge in [0.15, 0.2) is 0 Å². The maximum absolute atomic E-state index is 5.93. The average molecular weight is 372 g/mol. The molecule has 1 aromatic carbocycles. The van der Waals surface area contributed by atoms with Gasteiger partial charge in [-0.3, -0.25) is 4.98 Å². The van der Waals surface area contributed by atoms with Crippen LogP contribution in [0.25, 0.3) is 0 Å². The van der Waals surface area contributed by atoms with Gasteiger partial charge in [0.25, 0.3) is 0 Å². The smallest absolute Gasteiger partial charge is 0.146 e. The Morgan fingerprint density at radius 3 is 2.61 bits per heavy atom. The summed E-state index contributed by atoms with van der Waals surface area (Å²) in [6.07, 6.45) is 3.37. The molecule has 2 N–H and O–H groups in total. The lowest BCUT2D eigenvalue weighted by atomic mass is 10.1. The largest absolute Gasteiger partial charge is 0.455 e. The molecule has 1 atom stereocenters. The molecule has 0 aliphatic rings. The maximum atomic E-state index is 5.93. The number of benzene rings is 1. The molecule has 94 valence electrons. The highest BCUT2D eigenvalue weighted by molar-refractivity contribution is 9.10. The zero-order valence-electron chi connectivity index (χ0n) is 9.73. The van der Waals surface area contributed by atoms with E-state index in [0.29, 0.717) is 5.75 Å². The molecule has 3 nitrogen and oxygen atoms in total. The molecular formula is C13H12Br2N2O. The van der Waals surface area contributed by atoms with Crippen LogP contribution < -0.4 is 10.5 Å². The van der Waals surface area contributed by atoms with E-state index in [1.54, 1.807) is 12.4 Å². The third kappa shape index (κ3) is 3.31. The van der Waals surface area contributed by atoms with Crippen molar-refractivity contribution in [1.82, 2.24) is 4.98 Å². The second kappa shape index (κ2) is 5.82. The Morgan fingerprint density at radius 1 is 1.17 bits per heavy atom. The van der Waals surface area contributed by atoms with E-state index in [4.69, 9.17) is 10.5 Å². The Balaban J connectivity index is 2.36. The van der Waals surface area contributed by atoms with E-state index in [0.717, 1.165) is 20.3 Å². The first-order valence-corrected chi connectivity index (χ1v) is 6.98. The third-order valence-electron chi connectivity index (χ3n) is 2.37. The summed E-state index contributed by atoms with van der Waals surface area (Å²) in [6, 6.07) is 7.58. The number of nitrogens with zero attached hydrogens (tertiary/aromatic N) is 1. The molecule has 0 radical (unpaired) electrons. The van der Waals surface area contributed by atoms with Crippen LogP contribution in [0.3, 0.4) is 0 Å². The minimum atomic E-state index is -0.0896. The molecule has 0 spiro atoms.